The van der Waals surface area contributed by atoms with Gasteiger partial charge in [0.2, 0.25) is 0 Å². The summed E-state index contributed by atoms with van der Waals surface area (Å²) in [5.41, 5.74) is 2.80. The molecule has 0 aromatic heterocycles. The Kier molecular flexibility index (Phi) is 5.27. The highest BCUT2D eigenvalue weighted by atomic mass is 16.3. The molecule has 0 aromatic rings. The third kappa shape index (κ3) is 4.13. The van der Waals surface area contributed by atoms with Gasteiger partial charge in [0.1, 0.15) is 0 Å². The topological polar surface area (TPSA) is 20.2 Å². The zero-order valence-electron chi connectivity index (χ0n) is 11.2. The van der Waals surface area contributed by atoms with Crippen LogP contribution in [0.4, 0.5) is 0 Å². The van der Waals surface area contributed by atoms with E-state index >= 15 is 0 Å². The summed E-state index contributed by atoms with van der Waals surface area (Å²) in [6.07, 6.45) is 8.60. The van der Waals surface area contributed by atoms with Gasteiger partial charge in [0.25, 0.3) is 0 Å². The minimum absolute atomic E-state index is 0.258. The average molecular weight is 222 g/mol. The van der Waals surface area contributed by atoms with Crippen LogP contribution >= 0.6 is 0 Å². The van der Waals surface area contributed by atoms with Gasteiger partial charge >= 0.3 is 0 Å². The van der Waals surface area contributed by atoms with Gasteiger partial charge in [-0.15, -0.1) is 0 Å². The first kappa shape index (κ1) is 13.5. The first-order valence-electron chi connectivity index (χ1n) is 6.51. The van der Waals surface area contributed by atoms with Gasteiger partial charge in [-0.2, -0.15) is 0 Å². The minimum atomic E-state index is -0.258. The van der Waals surface area contributed by atoms with Crippen LogP contribution in [0.2, 0.25) is 0 Å². The van der Waals surface area contributed by atoms with Gasteiger partial charge < -0.3 is 5.11 Å². The lowest BCUT2D eigenvalue weighted by Crippen LogP contribution is -2.24. The molecule has 0 radical (unpaired) electrons. The Hall–Kier alpha value is -0.560. The second-order valence-corrected chi connectivity index (χ2v) is 5.54. The molecule has 0 amide bonds. The molecule has 1 rings (SSSR count). The van der Waals surface area contributed by atoms with E-state index in [1.807, 2.05) is 0 Å². The van der Waals surface area contributed by atoms with Gasteiger partial charge in [-0.05, 0) is 51.4 Å². The lowest BCUT2D eigenvalue weighted by molar-refractivity contribution is 0.115. The van der Waals surface area contributed by atoms with Gasteiger partial charge in [0.05, 0.1) is 6.10 Å². The van der Waals surface area contributed by atoms with Crippen molar-refractivity contribution in [1.82, 2.24) is 0 Å². The van der Waals surface area contributed by atoms with Crippen LogP contribution in [0, 0.1) is 11.8 Å². The molecule has 0 aromatic carbocycles. The molecule has 1 aliphatic rings. The molecule has 0 bridgehead atoms. The van der Waals surface area contributed by atoms with Crippen molar-refractivity contribution in [3.63, 3.8) is 0 Å². The van der Waals surface area contributed by atoms with Crippen LogP contribution < -0.4 is 0 Å². The Morgan fingerprint density at radius 3 is 2.50 bits per heavy atom. The van der Waals surface area contributed by atoms with E-state index in [4.69, 9.17) is 0 Å². The van der Waals surface area contributed by atoms with Crippen molar-refractivity contribution in [2.45, 2.75) is 59.5 Å². The van der Waals surface area contributed by atoms with Crippen molar-refractivity contribution in [1.29, 1.82) is 0 Å². The SMILES string of the molecule is C/C1=C\[C@@H](O)[C@@H](C(C)C)CC/C(C)=C/CC1. The van der Waals surface area contributed by atoms with E-state index in [1.54, 1.807) is 0 Å². The number of allylic oxidation sites excluding steroid dienone is 3. The quantitative estimate of drug-likeness (QED) is 0.663. The van der Waals surface area contributed by atoms with E-state index in [9.17, 15) is 5.11 Å². The van der Waals surface area contributed by atoms with Crippen LogP contribution in [0.15, 0.2) is 23.3 Å². The van der Waals surface area contributed by atoms with Gasteiger partial charge in [0, 0.05) is 0 Å². The van der Waals surface area contributed by atoms with Crippen LogP contribution in [0.1, 0.15) is 53.4 Å². The van der Waals surface area contributed by atoms with Crippen molar-refractivity contribution >= 4 is 0 Å². The molecule has 1 aliphatic carbocycles. The number of aliphatic hydroxyl groups is 1. The standard InChI is InChI=1S/C15H26O/c1-11(2)14-9-8-12(3)6-5-7-13(4)10-15(14)16/h6,10-11,14-16H,5,7-9H2,1-4H3/b12-6+,13-10+/t14-,15-/m1/s1. The minimum Gasteiger partial charge on any atom is -0.389 e. The van der Waals surface area contributed by atoms with E-state index in [-0.39, 0.29) is 6.10 Å². The van der Waals surface area contributed by atoms with Crippen LogP contribution in [-0.2, 0) is 0 Å². The highest BCUT2D eigenvalue weighted by Crippen LogP contribution is 2.26. The fourth-order valence-corrected chi connectivity index (χ4v) is 2.44. The average Bonchev–Trinajstić information content (AvgIpc) is 2.16. The molecule has 92 valence electrons. The molecule has 0 spiro atoms. The highest BCUT2D eigenvalue weighted by Gasteiger charge is 2.21. The molecule has 0 fully saturated rings. The molecule has 16 heavy (non-hydrogen) atoms. The van der Waals surface area contributed by atoms with E-state index in [1.165, 1.54) is 11.1 Å². The Morgan fingerprint density at radius 1 is 1.19 bits per heavy atom. The Morgan fingerprint density at radius 2 is 1.88 bits per heavy atom. The maximum absolute atomic E-state index is 10.2. The third-order valence-corrected chi connectivity index (χ3v) is 3.65. The normalized spacial score (nSPS) is 35.1. The monoisotopic (exact) mass is 222 g/mol. The lowest BCUT2D eigenvalue weighted by Gasteiger charge is -2.26. The number of hydrogen-bond donors (Lipinski definition) is 1. The first-order chi connectivity index (χ1) is 7.50. The zero-order chi connectivity index (χ0) is 12.1. The van der Waals surface area contributed by atoms with Crippen molar-refractivity contribution in [3.8, 4) is 0 Å². The summed E-state index contributed by atoms with van der Waals surface area (Å²) >= 11 is 0. The molecule has 2 atom stereocenters. The summed E-state index contributed by atoms with van der Waals surface area (Å²) in [7, 11) is 0. The molecular formula is C15H26O. The first-order valence-corrected chi connectivity index (χ1v) is 6.51. The van der Waals surface area contributed by atoms with Crippen LogP contribution in [0.5, 0.6) is 0 Å². The molecule has 1 nitrogen and oxygen atoms in total. The predicted octanol–water partition coefficient (Wildman–Crippen LogP) is 4.09. The van der Waals surface area contributed by atoms with Gasteiger partial charge in [-0.3, -0.25) is 0 Å². The molecule has 0 aliphatic heterocycles. The highest BCUT2D eigenvalue weighted by molar-refractivity contribution is 5.08. The van der Waals surface area contributed by atoms with E-state index in [0.717, 1.165) is 25.7 Å². The number of hydrogen-bond acceptors (Lipinski definition) is 1. The maximum Gasteiger partial charge on any atom is 0.0754 e. The molecule has 1 N–H and O–H groups in total. The summed E-state index contributed by atoms with van der Waals surface area (Å²) in [6, 6.07) is 0. The summed E-state index contributed by atoms with van der Waals surface area (Å²) in [4.78, 5) is 0. The molecular weight excluding hydrogens is 196 g/mol. The summed E-state index contributed by atoms with van der Waals surface area (Å²) in [5, 5.41) is 10.2. The van der Waals surface area contributed by atoms with Crippen LogP contribution in [-0.4, -0.2) is 11.2 Å². The molecule has 1 heteroatoms. The number of rotatable bonds is 1. The largest absolute Gasteiger partial charge is 0.389 e. The smallest absolute Gasteiger partial charge is 0.0754 e. The molecule has 0 saturated carbocycles. The van der Waals surface area contributed by atoms with Gasteiger partial charge in [-0.25, -0.2) is 0 Å². The molecule has 0 saturated heterocycles. The summed E-state index contributed by atoms with van der Waals surface area (Å²) in [5.74, 6) is 0.947. The van der Waals surface area contributed by atoms with Crippen LogP contribution in [0.25, 0.3) is 0 Å². The van der Waals surface area contributed by atoms with Crippen molar-refractivity contribution < 1.29 is 5.11 Å². The van der Waals surface area contributed by atoms with Crippen LogP contribution in [0.3, 0.4) is 0 Å². The second-order valence-electron chi connectivity index (χ2n) is 5.54. The Bertz CT molecular complexity index is 273. The second kappa shape index (κ2) is 6.24. The summed E-state index contributed by atoms with van der Waals surface area (Å²) < 4.78 is 0. The van der Waals surface area contributed by atoms with Crippen molar-refractivity contribution in [3.05, 3.63) is 23.3 Å². The molecule has 0 unspecified atom stereocenters. The number of aliphatic hydroxyl groups excluding tert-OH is 1. The molecule has 0 heterocycles. The third-order valence-electron chi connectivity index (χ3n) is 3.65. The van der Waals surface area contributed by atoms with Crippen molar-refractivity contribution in [2.24, 2.45) is 11.8 Å². The van der Waals surface area contributed by atoms with Gasteiger partial charge in [0.15, 0.2) is 0 Å². The predicted molar refractivity (Wildman–Crippen MR) is 70.3 cm³/mol. The van der Waals surface area contributed by atoms with Gasteiger partial charge in [-0.1, -0.05) is 37.1 Å². The Labute approximate surface area is 100 Å². The fraction of sp³-hybridized carbons (Fsp3) is 0.733. The van der Waals surface area contributed by atoms with E-state index in [0.29, 0.717) is 11.8 Å². The van der Waals surface area contributed by atoms with E-state index < -0.39 is 0 Å². The fourth-order valence-electron chi connectivity index (χ4n) is 2.44. The van der Waals surface area contributed by atoms with E-state index in [2.05, 4.69) is 39.8 Å². The summed E-state index contributed by atoms with van der Waals surface area (Å²) in [6.45, 7) is 8.76. The zero-order valence-corrected chi connectivity index (χ0v) is 11.2. The Balaban J connectivity index is 2.81. The maximum atomic E-state index is 10.2. The lowest BCUT2D eigenvalue weighted by atomic mass is 9.83. The van der Waals surface area contributed by atoms with Crippen molar-refractivity contribution in [2.75, 3.05) is 0 Å².